The summed E-state index contributed by atoms with van der Waals surface area (Å²) < 4.78 is 2.32. The van der Waals surface area contributed by atoms with Gasteiger partial charge in [0.25, 0.3) is 0 Å². The molecule has 1 aromatic carbocycles. The van der Waals surface area contributed by atoms with E-state index in [-0.39, 0.29) is 6.04 Å². The second-order valence-corrected chi connectivity index (χ2v) is 8.11. The zero-order valence-corrected chi connectivity index (χ0v) is 14.5. The first kappa shape index (κ1) is 14.3. The van der Waals surface area contributed by atoms with Crippen molar-refractivity contribution in [3.05, 3.63) is 54.1 Å². The number of hydrogen-bond donors (Lipinski definition) is 1. The Bertz CT molecular complexity index is 563. The quantitative estimate of drug-likeness (QED) is 0.761. The van der Waals surface area contributed by atoms with Crippen LogP contribution in [-0.4, -0.2) is 7.05 Å². The highest BCUT2D eigenvalue weighted by Gasteiger charge is 2.19. The van der Waals surface area contributed by atoms with E-state index in [4.69, 9.17) is 0 Å². The van der Waals surface area contributed by atoms with E-state index in [9.17, 15) is 0 Å². The Morgan fingerprint density at radius 1 is 1.11 bits per heavy atom. The van der Waals surface area contributed by atoms with Crippen LogP contribution in [0.2, 0.25) is 0 Å². The van der Waals surface area contributed by atoms with Crippen molar-refractivity contribution in [2.75, 3.05) is 7.05 Å². The highest BCUT2D eigenvalue weighted by molar-refractivity contribution is 9.12. The molecule has 1 nitrogen and oxygen atoms in total. The monoisotopic (exact) mass is 387 g/mol. The van der Waals surface area contributed by atoms with Gasteiger partial charge in [0, 0.05) is 0 Å². The van der Waals surface area contributed by atoms with E-state index in [1.165, 1.54) is 26.0 Å². The number of nitrogens with one attached hydrogen (secondary N) is 1. The fourth-order valence-electron chi connectivity index (χ4n) is 2.10. The van der Waals surface area contributed by atoms with Crippen molar-refractivity contribution in [2.24, 2.45) is 0 Å². The second-order valence-electron chi connectivity index (χ2n) is 4.36. The fourth-order valence-corrected chi connectivity index (χ4v) is 5.00. The summed E-state index contributed by atoms with van der Waals surface area (Å²) >= 11 is 8.91. The van der Waals surface area contributed by atoms with Gasteiger partial charge in [-0.15, -0.1) is 11.3 Å². The Balaban J connectivity index is 2.51. The Labute approximate surface area is 129 Å². The van der Waals surface area contributed by atoms with Crippen LogP contribution >= 0.6 is 43.2 Å². The van der Waals surface area contributed by atoms with Crippen LogP contribution in [0.3, 0.4) is 0 Å². The summed E-state index contributed by atoms with van der Waals surface area (Å²) in [5.74, 6) is 0. The molecular formula is C14H15Br2NS. The summed E-state index contributed by atoms with van der Waals surface area (Å²) in [7, 11) is 2.00. The van der Waals surface area contributed by atoms with Crippen LogP contribution in [0, 0.1) is 13.8 Å². The predicted molar refractivity (Wildman–Crippen MR) is 86.5 cm³/mol. The first-order valence-corrected chi connectivity index (χ1v) is 8.12. The third-order valence-electron chi connectivity index (χ3n) is 3.03. The van der Waals surface area contributed by atoms with Gasteiger partial charge in [0.1, 0.15) is 0 Å². The predicted octanol–water partition coefficient (Wildman–Crippen LogP) is 5.20. The molecule has 0 fully saturated rings. The second kappa shape index (κ2) is 5.87. The molecule has 1 N–H and O–H groups in total. The molecule has 1 unspecified atom stereocenters. The Morgan fingerprint density at radius 2 is 1.83 bits per heavy atom. The minimum absolute atomic E-state index is 0.224. The van der Waals surface area contributed by atoms with E-state index in [0.29, 0.717) is 0 Å². The molecule has 2 aromatic rings. The lowest BCUT2D eigenvalue weighted by molar-refractivity contribution is 0.687. The molecule has 1 heterocycles. The maximum absolute atomic E-state index is 3.65. The van der Waals surface area contributed by atoms with Gasteiger partial charge in [-0.2, -0.15) is 0 Å². The minimum atomic E-state index is 0.224. The number of aryl methyl sites for hydroxylation is 2. The van der Waals surface area contributed by atoms with Crippen molar-refractivity contribution in [1.82, 2.24) is 5.32 Å². The molecule has 0 spiro atoms. The third-order valence-corrected chi connectivity index (χ3v) is 5.41. The van der Waals surface area contributed by atoms with Crippen LogP contribution in [0.15, 0.2) is 31.8 Å². The zero-order chi connectivity index (χ0) is 13.3. The van der Waals surface area contributed by atoms with Crippen molar-refractivity contribution in [3.8, 4) is 0 Å². The van der Waals surface area contributed by atoms with Crippen LogP contribution < -0.4 is 5.32 Å². The minimum Gasteiger partial charge on any atom is -0.309 e. The van der Waals surface area contributed by atoms with Gasteiger partial charge in [-0.1, -0.05) is 23.8 Å². The summed E-state index contributed by atoms with van der Waals surface area (Å²) in [6, 6.07) is 9.00. The summed E-state index contributed by atoms with van der Waals surface area (Å²) in [6.07, 6.45) is 0. The van der Waals surface area contributed by atoms with Crippen LogP contribution in [0.5, 0.6) is 0 Å². The Morgan fingerprint density at radius 3 is 2.39 bits per heavy atom. The van der Waals surface area contributed by atoms with Crippen molar-refractivity contribution in [3.63, 3.8) is 0 Å². The van der Waals surface area contributed by atoms with Gasteiger partial charge in [0.2, 0.25) is 0 Å². The summed E-state index contributed by atoms with van der Waals surface area (Å²) in [4.78, 5) is 0. The van der Waals surface area contributed by atoms with Crippen LogP contribution in [0.4, 0.5) is 0 Å². The molecule has 1 aromatic heterocycles. The maximum Gasteiger partial charge on any atom is 0.0761 e. The van der Waals surface area contributed by atoms with Crippen molar-refractivity contribution in [1.29, 1.82) is 0 Å². The van der Waals surface area contributed by atoms with E-state index >= 15 is 0 Å². The largest absolute Gasteiger partial charge is 0.309 e. The zero-order valence-electron chi connectivity index (χ0n) is 10.6. The molecule has 0 saturated heterocycles. The lowest BCUT2D eigenvalue weighted by Gasteiger charge is -2.19. The topological polar surface area (TPSA) is 12.0 Å². The molecule has 0 radical (unpaired) electrons. The molecule has 2 rings (SSSR count). The van der Waals surface area contributed by atoms with Crippen molar-refractivity contribution >= 4 is 43.2 Å². The van der Waals surface area contributed by atoms with Crippen LogP contribution in [0.25, 0.3) is 0 Å². The van der Waals surface area contributed by atoms with Gasteiger partial charge in [0.15, 0.2) is 0 Å². The average molecular weight is 389 g/mol. The number of halogens is 2. The van der Waals surface area contributed by atoms with Crippen LogP contribution in [0.1, 0.15) is 28.3 Å². The molecule has 96 valence electrons. The van der Waals surface area contributed by atoms with Crippen LogP contribution in [-0.2, 0) is 0 Å². The van der Waals surface area contributed by atoms with Gasteiger partial charge in [0.05, 0.1) is 13.6 Å². The van der Waals surface area contributed by atoms with Gasteiger partial charge >= 0.3 is 0 Å². The molecule has 0 aliphatic carbocycles. The number of thiophene rings is 1. The Hall–Kier alpha value is -0.160. The first-order valence-electron chi connectivity index (χ1n) is 5.72. The van der Waals surface area contributed by atoms with E-state index in [2.05, 4.69) is 75.3 Å². The highest BCUT2D eigenvalue weighted by atomic mass is 79.9. The average Bonchev–Trinajstić information content (AvgIpc) is 2.64. The standard InChI is InChI=1S/C14H15Br2NS/c1-8-4-5-9(2)10(6-8)13(17-3)11-7-12(15)18-14(11)16/h4-7,13,17H,1-3H3. The van der Waals surface area contributed by atoms with Crippen molar-refractivity contribution < 1.29 is 0 Å². The lowest BCUT2D eigenvalue weighted by atomic mass is 9.95. The number of hydrogen-bond acceptors (Lipinski definition) is 2. The molecule has 0 aliphatic rings. The first-order chi connectivity index (χ1) is 8.52. The fraction of sp³-hybridized carbons (Fsp3) is 0.286. The number of rotatable bonds is 3. The summed E-state index contributed by atoms with van der Waals surface area (Å²) in [6.45, 7) is 4.29. The molecule has 0 saturated carbocycles. The van der Waals surface area contributed by atoms with E-state index in [0.717, 1.165) is 3.79 Å². The van der Waals surface area contributed by atoms with Gasteiger partial charge in [-0.25, -0.2) is 0 Å². The highest BCUT2D eigenvalue weighted by Crippen LogP contribution is 2.38. The molecule has 18 heavy (non-hydrogen) atoms. The third kappa shape index (κ3) is 2.87. The van der Waals surface area contributed by atoms with E-state index in [1.807, 2.05) is 7.05 Å². The molecule has 0 bridgehead atoms. The van der Waals surface area contributed by atoms with Gasteiger partial charge < -0.3 is 5.32 Å². The van der Waals surface area contributed by atoms with Gasteiger partial charge in [-0.05, 0) is 75.5 Å². The molecule has 4 heteroatoms. The van der Waals surface area contributed by atoms with Crippen molar-refractivity contribution in [2.45, 2.75) is 19.9 Å². The molecule has 1 atom stereocenters. The number of benzene rings is 1. The van der Waals surface area contributed by atoms with E-state index < -0.39 is 0 Å². The smallest absolute Gasteiger partial charge is 0.0761 e. The van der Waals surface area contributed by atoms with Gasteiger partial charge in [-0.3, -0.25) is 0 Å². The molecule has 0 aliphatic heterocycles. The molecular weight excluding hydrogens is 374 g/mol. The maximum atomic E-state index is 3.65. The van der Waals surface area contributed by atoms with E-state index in [1.54, 1.807) is 11.3 Å². The Kier molecular flexibility index (Phi) is 4.64. The SMILES string of the molecule is CNC(c1cc(C)ccc1C)c1cc(Br)sc1Br. The summed E-state index contributed by atoms with van der Waals surface area (Å²) in [5, 5.41) is 3.41. The lowest BCUT2D eigenvalue weighted by Crippen LogP contribution is -2.18. The normalized spacial score (nSPS) is 12.7. The summed E-state index contributed by atoms with van der Waals surface area (Å²) in [5.41, 5.74) is 5.22. The molecule has 0 amide bonds.